The summed E-state index contributed by atoms with van der Waals surface area (Å²) in [5.74, 6) is 1.60. The smallest absolute Gasteiger partial charge is 0.280 e. The van der Waals surface area contributed by atoms with Crippen molar-refractivity contribution in [3.05, 3.63) is 16.7 Å². The highest BCUT2D eigenvalue weighted by Crippen LogP contribution is 2.45. The number of fused-ring (bicyclic) bond motifs is 1. The lowest BCUT2D eigenvalue weighted by Crippen LogP contribution is -2.36. The maximum atomic E-state index is 15.5. The van der Waals surface area contributed by atoms with Crippen molar-refractivity contribution in [2.45, 2.75) is 50.4 Å². The number of aromatic amines is 1. The second kappa shape index (κ2) is 7.16. The molecule has 0 radical (unpaired) electrons. The van der Waals surface area contributed by atoms with E-state index >= 15 is 4.39 Å². The molecule has 0 aromatic carbocycles. The number of H-pyrrole nitrogens is 1. The van der Waals surface area contributed by atoms with E-state index < -0.39 is 29.5 Å². The van der Waals surface area contributed by atoms with Crippen molar-refractivity contribution in [3.63, 3.8) is 0 Å². The summed E-state index contributed by atoms with van der Waals surface area (Å²) in [6, 6.07) is 0. The van der Waals surface area contributed by atoms with Gasteiger partial charge in [0.05, 0.1) is 19.0 Å². The number of nitrogens with one attached hydrogen (secondary N) is 2. The SMILES string of the molecule is C#C[C@@]1(F)[C@H](C)[C@@H](CO)O[C@H]1n1cnc2c(=O)[nH]c(NC3CCCCO3)nc21. The monoisotopic (exact) mass is 391 g/mol. The highest BCUT2D eigenvalue weighted by Gasteiger charge is 2.55. The van der Waals surface area contributed by atoms with Crippen molar-refractivity contribution in [3.8, 4) is 12.3 Å². The van der Waals surface area contributed by atoms with Crippen LogP contribution in [0.4, 0.5) is 10.3 Å². The zero-order valence-electron chi connectivity index (χ0n) is 15.4. The van der Waals surface area contributed by atoms with Crippen molar-refractivity contribution < 1.29 is 19.0 Å². The van der Waals surface area contributed by atoms with Gasteiger partial charge in [-0.3, -0.25) is 14.3 Å². The number of aromatic nitrogens is 4. The number of halogens is 1. The minimum absolute atomic E-state index is 0.0400. The predicted octanol–water partition coefficient (Wildman–Crippen LogP) is 0.925. The van der Waals surface area contributed by atoms with Crippen LogP contribution in [0, 0.1) is 18.3 Å². The van der Waals surface area contributed by atoms with E-state index in [2.05, 4.69) is 26.2 Å². The van der Waals surface area contributed by atoms with Crippen LogP contribution in [-0.2, 0) is 9.47 Å². The molecule has 150 valence electrons. The Morgan fingerprint density at radius 1 is 1.57 bits per heavy atom. The molecule has 4 heterocycles. The second-order valence-electron chi connectivity index (χ2n) is 7.15. The molecule has 0 saturated carbocycles. The van der Waals surface area contributed by atoms with Crippen LogP contribution in [0.2, 0.25) is 0 Å². The molecule has 2 aliphatic heterocycles. The summed E-state index contributed by atoms with van der Waals surface area (Å²) >= 11 is 0. The fraction of sp³-hybridized carbons (Fsp3) is 0.611. The number of anilines is 1. The predicted molar refractivity (Wildman–Crippen MR) is 98.2 cm³/mol. The Hall–Kier alpha value is -2.48. The molecule has 0 aliphatic carbocycles. The van der Waals surface area contributed by atoms with Crippen molar-refractivity contribution in [2.75, 3.05) is 18.5 Å². The number of terminal acetylenes is 1. The maximum absolute atomic E-state index is 15.5. The number of aliphatic hydroxyl groups is 1. The van der Waals surface area contributed by atoms with Gasteiger partial charge < -0.3 is 19.9 Å². The lowest BCUT2D eigenvalue weighted by molar-refractivity contribution is -0.0479. The molecule has 2 aromatic rings. The zero-order chi connectivity index (χ0) is 19.9. The maximum Gasteiger partial charge on any atom is 0.280 e. The van der Waals surface area contributed by atoms with Crippen molar-refractivity contribution >= 4 is 17.1 Å². The number of ether oxygens (including phenoxy) is 2. The first kappa shape index (κ1) is 18.9. The number of nitrogens with zero attached hydrogens (tertiary/aromatic N) is 3. The summed E-state index contributed by atoms with van der Waals surface area (Å²) in [6.07, 6.45) is 7.21. The molecule has 3 N–H and O–H groups in total. The third kappa shape index (κ3) is 2.96. The molecular formula is C18H22FN5O4. The average Bonchev–Trinajstić information content (AvgIpc) is 3.22. The Kier molecular flexibility index (Phi) is 4.82. The number of imidazole rings is 1. The number of hydrogen-bond acceptors (Lipinski definition) is 7. The van der Waals surface area contributed by atoms with Gasteiger partial charge in [-0.15, -0.1) is 6.42 Å². The number of rotatable bonds is 4. The fourth-order valence-corrected chi connectivity index (χ4v) is 3.72. The molecule has 2 aliphatic rings. The number of alkyl halides is 1. The Morgan fingerprint density at radius 3 is 3.07 bits per heavy atom. The van der Waals surface area contributed by atoms with Gasteiger partial charge >= 0.3 is 0 Å². The molecule has 0 bridgehead atoms. The first-order chi connectivity index (χ1) is 13.5. The summed E-state index contributed by atoms with van der Waals surface area (Å²) in [5.41, 5.74) is -2.49. The standard InChI is InChI=1S/C18H22FN5O4/c1-3-18(19)10(2)11(8-25)28-16(18)24-9-20-13-14(24)22-17(23-15(13)26)21-12-6-4-5-7-27-12/h1,9-12,16,25H,4-8H2,2H3,(H2,21,22,23,26)/t10-,11-,12?,16-,18-/m1/s1. The third-order valence-electron chi connectivity index (χ3n) is 5.45. The van der Waals surface area contributed by atoms with Crippen LogP contribution in [0.15, 0.2) is 11.1 Å². The summed E-state index contributed by atoms with van der Waals surface area (Å²) in [7, 11) is 0. The van der Waals surface area contributed by atoms with Crippen molar-refractivity contribution in [2.24, 2.45) is 5.92 Å². The van der Waals surface area contributed by atoms with Crippen LogP contribution in [-0.4, -0.2) is 55.8 Å². The molecule has 1 unspecified atom stereocenters. The van der Waals surface area contributed by atoms with Crippen LogP contribution in [0.5, 0.6) is 0 Å². The van der Waals surface area contributed by atoms with E-state index in [0.29, 0.717) is 6.61 Å². The molecule has 10 heteroatoms. The minimum Gasteiger partial charge on any atom is -0.394 e. The van der Waals surface area contributed by atoms with Crippen molar-refractivity contribution in [1.82, 2.24) is 19.5 Å². The fourth-order valence-electron chi connectivity index (χ4n) is 3.72. The van der Waals surface area contributed by atoms with Gasteiger partial charge in [-0.1, -0.05) is 12.8 Å². The van der Waals surface area contributed by atoms with Crippen molar-refractivity contribution in [1.29, 1.82) is 0 Å². The topological polar surface area (TPSA) is 114 Å². The van der Waals surface area contributed by atoms with E-state index in [1.165, 1.54) is 10.9 Å². The molecule has 9 nitrogen and oxygen atoms in total. The van der Waals surface area contributed by atoms with E-state index in [1.54, 1.807) is 6.92 Å². The van der Waals surface area contributed by atoms with Gasteiger partial charge in [0.15, 0.2) is 17.4 Å². The lowest BCUT2D eigenvalue weighted by atomic mass is 9.89. The second-order valence-corrected chi connectivity index (χ2v) is 7.15. The van der Waals surface area contributed by atoms with Gasteiger partial charge in [0, 0.05) is 12.5 Å². The zero-order valence-corrected chi connectivity index (χ0v) is 15.4. The van der Waals surface area contributed by atoms with E-state index in [4.69, 9.17) is 15.9 Å². The van der Waals surface area contributed by atoms with Gasteiger partial charge in [-0.05, 0) is 19.3 Å². The van der Waals surface area contributed by atoms with E-state index in [0.717, 1.165) is 19.3 Å². The van der Waals surface area contributed by atoms with Gasteiger partial charge in [0.1, 0.15) is 6.23 Å². The van der Waals surface area contributed by atoms with Crippen LogP contribution in [0.3, 0.4) is 0 Å². The van der Waals surface area contributed by atoms with Crippen LogP contribution < -0.4 is 10.9 Å². The quantitative estimate of drug-likeness (QED) is 0.664. The van der Waals surface area contributed by atoms with Gasteiger partial charge in [-0.2, -0.15) is 4.98 Å². The molecule has 2 saturated heterocycles. The molecule has 4 rings (SSSR count). The average molecular weight is 391 g/mol. The largest absolute Gasteiger partial charge is 0.394 e. The first-order valence-electron chi connectivity index (χ1n) is 9.26. The molecular weight excluding hydrogens is 369 g/mol. The Balaban J connectivity index is 1.73. The van der Waals surface area contributed by atoms with Crippen LogP contribution >= 0.6 is 0 Å². The highest BCUT2D eigenvalue weighted by molar-refractivity contribution is 5.71. The highest BCUT2D eigenvalue weighted by atomic mass is 19.1. The Labute approximate surface area is 160 Å². The summed E-state index contributed by atoms with van der Waals surface area (Å²) < 4.78 is 28.1. The van der Waals surface area contributed by atoms with Gasteiger partial charge in [0.2, 0.25) is 11.6 Å². The van der Waals surface area contributed by atoms with E-state index in [9.17, 15) is 9.90 Å². The molecule has 5 atom stereocenters. The molecule has 2 fully saturated rings. The third-order valence-corrected chi connectivity index (χ3v) is 5.45. The van der Waals surface area contributed by atoms with Crippen LogP contribution in [0.25, 0.3) is 11.2 Å². The molecule has 28 heavy (non-hydrogen) atoms. The molecule has 0 amide bonds. The summed E-state index contributed by atoms with van der Waals surface area (Å²) in [5, 5.41) is 12.5. The van der Waals surface area contributed by atoms with E-state index in [-0.39, 0.29) is 29.9 Å². The first-order valence-corrected chi connectivity index (χ1v) is 9.26. The Bertz CT molecular complexity index is 963. The summed E-state index contributed by atoms with van der Waals surface area (Å²) in [6.45, 7) is 1.83. The normalized spacial score (nSPS) is 33.1. The molecule has 2 aromatic heterocycles. The lowest BCUT2D eigenvalue weighted by Gasteiger charge is -2.25. The van der Waals surface area contributed by atoms with Gasteiger partial charge in [0.25, 0.3) is 5.56 Å². The van der Waals surface area contributed by atoms with E-state index in [1.807, 2.05) is 0 Å². The van der Waals surface area contributed by atoms with Crippen LogP contribution in [0.1, 0.15) is 32.4 Å². The molecule has 0 spiro atoms. The summed E-state index contributed by atoms with van der Waals surface area (Å²) in [4.78, 5) is 23.5. The van der Waals surface area contributed by atoms with Gasteiger partial charge in [-0.25, -0.2) is 9.37 Å². The number of hydrogen-bond donors (Lipinski definition) is 3. The number of aliphatic hydroxyl groups excluding tert-OH is 1. The Morgan fingerprint density at radius 2 is 2.39 bits per heavy atom. The minimum atomic E-state index is -2.19.